The number of fused-ring (bicyclic) bond motifs is 1. The van der Waals surface area contributed by atoms with E-state index < -0.39 is 0 Å². The molecular weight excluding hydrogens is 236 g/mol. The number of carbonyl (C=O) groups excluding carboxylic acids is 1. The second-order valence-electron chi connectivity index (χ2n) is 6.54. The van der Waals surface area contributed by atoms with Gasteiger partial charge in [0.2, 0.25) is 5.91 Å². The molecule has 0 saturated heterocycles. The average molecular weight is 260 g/mol. The number of carbonyl (C=O) groups is 1. The summed E-state index contributed by atoms with van der Waals surface area (Å²) < 4.78 is 0. The third-order valence-electron chi connectivity index (χ3n) is 3.57. The van der Waals surface area contributed by atoms with Crippen molar-refractivity contribution in [2.45, 2.75) is 33.6 Å². The highest BCUT2D eigenvalue weighted by atomic mass is 16.1. The van der Waals surface area contributed by atoms with Crippen LogP contribution in [0.3, 0.4) is 0 Å². The van der Waals surface area contributed by atoms with E-state index >= 15 is 0 Å². The van der Waals surface area contributed by atoms with Crippen LogP contribution in [0.15, 0.2) is 24.3 Å². The van der Waals surface area contributed by atoms with Gasteiger partial charge in [-0.05, 0) is 29.9 Å². The molecule has 1 aromatic rings. The maximum absolute atomic E-state index is 12.1. The molecule has 3 heteroatoms. The van der Waals surface area contributed by atoms with Crippen LogP contribution in [0.25, 0.3) is 0 Å². The average Bonchev–Trinajstić information content (AvgIpc) is 2.36. The van der Waals surface area contributed by atoms with Gasteiger partial charge < -0.3 is 10.6 Å². The SMILES string of the molecule is CC(C)(C)CCNC(=O)C1CNc2ccccc2C1. The molecule has 3 nitrogen and oxygen atoms in total. The molecule has 0 aliphatic carbocycles. The minimum Gasteiger partial charge on any atom is -0.384 e. The van der Waals surface area contributed by atoms with Crippen molar-refractivity contribution >= 4 is 11.6 Å². The number of hydrogen-bond donors (Lipinski definition) is 2. The van der Waals surface area contributed by atoms with Crippen LogP contribution in [-0.2, 0) is 11.2 Å². The topological polar surface area (TPSA) is 41.1 Å². The Hall–Kier alpha value is -1.51. The predicted octanol–water partition coefficient (Wildman–Crippen LogP) is 2.82. The lowest BCUT2D eigenvalue weighted by atomic mass is 9.91. The van der Waals surface area contributed by atoms with Crippen molar-refractivity contribution in [3.63, 3.8) is 0 Å². The standard InChI is InChI=1S/C16H24N2O/c1-16(2,3)8-9-17-15(19)13-10-12-6-4-5-7-14(12)18-11-13/h4-7,13,18H,8-11H2,1-3H3,(H,17,19). The van der Waals surface area contributed by atoms with Crippen molar-refractivity contribution in [3.05, 3.63) is 29.8 Å². The van der Waals surface area contributed by atoms with Gasteiger partial charge in [-0.15, -0.1) is 0 Å². The minimum absolute atomic E-state index is 0.0508. The van der Waals surface area contributed by atoms with Crippen LogP contribution in [-0.4, -0.2) is 19.0 Å². The Labute approximate surface area is 115 Å². The maximum Gasteiger partial charge on any atom is 0.225 e. The first-order chi connectivity index (χ1) is 8.96. The summed E-state index contributed by atoms with van der Waals surface area (Å²) in [7, 11) is 0. The van der Waals surface area contributed by atoms with Crippen molar-refractivity contribution in [1.29, 1.82) is 0 Å². The molecule has 1 unspecified atom stereocenters. The molecule has 1 heterocycles. The fourth-order valence-corrected chi connectivity index (χ4v) is 2.33. The summed E-state index contributed by atoms with van der Waals surface area (Å²) in [6.07, 6.45) is 1.85. The zero-order chi connectivity index (χ0) is 13.9. The Morgan fingerprint density at radius 1 is 1.37 bits per heavy atom. The van der Waals surface area contributed by atoms with E-state index in [2.05, 4.69) is 43.5 Å². The molecule has 104 valence electrons. The monoisotopic (exact) mass is 260 g/mol. The van der Waals surface area contributed by atoms with Gasteiger partial charge in [-0.1, -0.05) is 39.0 Å². The molecule has 0 spiro atoms. The van der Waals surface area contributed by atoms with Crippen molar-refractivity contribution < 1.29 is 4.79 Å². The van der Waals surface area contributed by atoms with Crippen LogP contribution in [0.1, 0.15) is 32.8 Å². The van der Waals surface area contributed by atoms with E-state index in [1.54, 1.807) is 0 Å². The Morgan fingerprint density at radius 3 is 2.84 bits per heavy atom. The highest BCUT2D eigenvalue weighted by Gasteiger charge is 2.24. The molecule has 1 aliphatic rings. The van der Waals surface area contributed by atoms with Crippen molar-refractivity contribution in [2.75, 3.05) is 18.4 Å². The van der Waals surface area contributed by atoms with E-state index in [-0.39, 0.29) is 17.2 Å². The number of rotatable bonds is 3. The maximum atomic E-state index is 12.1. The number of hydrogen-bond acceptors (Lipinski definition) is 2. The number of para-hydroxylation sites is 1. The van der Waals surface area contributed by atoms with Crippen molar-refractivity contribution in [3.8, 4) is 0 Å². The van der Waals surface area contributed by atoms with E-state index in [9.17, 15) is 4.79 Å². The molecule has 2 N–H and O–H groups in total. The summed E-state index contributed by atoms with van der Waals surface area (Å²) in [5, 5.41) is 6.40. The summed E-state index contributed by atoms with van der Waals surface area (Å²) in [5.74, 6) is 0.223. The van der Waals surface area contributed by atoms with Crippen LogP contribution in [0.5, 0.6) is 0 Å². The quantitative estimate of drug-likeness (QED) is 0.877. The normalized spacial score (nSPS) is 18.4. The molecule has 0 fully saturated rings. The minimum atomic E-state index is 0.0508. The van der Waals surface area contributed by atoms with Gasteiger partial charge in [-0.25, -0.2) is 0 Å². The van der Waals surface area contributed by atoms with Crippen molar-refractivity contribution in [2.24, 2.45) is 11.3 Å². The van der Waals surface area contributed by atoms with Gasteiger partial charge in [0.1, 0.15) is 0 Å². The molecule has 2 rings (SSSR count). The van der Waals surface area contributed by atoms with Gasteiger partial charge in [-0.2, -0.15) is 0 Å². The molecule has 19 heavy (non-hydrogen) atoms. The lowest BCUT2D eigenvalue weighted by Gasteiger charge is -2.26. The highest BCUT2D eigenvalue weighted by Crippen LogP contribution is 2.24. The molecule has 1 amide bonds. The fourth-order valence-electron chi connectivity index (χ4n) is 2.33. The summed E-state index contributed by atoms with van der Waals surface area (Å²) in [6.45, 7) is 8.07. The van der Waals surface area contributed by atoms with E-state index in [1.165, 1.54) is 11.3 Å². The number of nitrogens with one attached hydrogen (secondary N) is 2. The summed E-state index contributed by atoms with van der Waals surface area (Å²) in [5.41, 5.74) is 2.68. The fraction of sp³-hybridized carbons (Fsp3) is 0.562. The van der Waals surface area contributed by atoms with Crippen LogP contribution in [0.2, 0.25) is 0 Å². The molecule has 0 saturated carbocycles. The van der Waals surface area contributed by atoms with Gasteiger partial charge in [0.15, 0.2) is 0 Å². The van der Waals surface area contributed by atoms with Gasteiger partial charge >= 0.3 is 0 Å². The summed E-state index contributed by atoms with van der Waals surface area (Å²) >= 11 is 0. The smallest absolute Gasteiger partial charge is 0.225 e. The molecule has 1 aromatic carbocycles. The Morgan fingerprint density at radius 2 is 2.11 bits per heavy atom. The second kappa shape index (κ2) is 5.64. The van der Waals surface area contributed by atoms with Gasteiger partial charge in [-0.3, -0.25) is 4.79 Å². The second-order valence-corrected chi connectivity index (χ2v) is 6.54. The Balaban J connectivity index is 1.85. The van der Waals surface area contributed by atoms with Crippen LogP contribution in [0.4, 0.5) is 5.69 Å². The Bertz CT molecular complexity index is 448. The van der Waals surface area contributed by atoms with Crippen LogP contribution in [0, 0.1) is 11.3 Å². The van der Waals surface area contributed by atoms with Crippen LogP contribution < -0.4 is 10.6 Å². The van der Waals surface area contributed by atoms with Crippen molar-refractivity contribution in [1.82, 2.24) is 5.32 Å². The number of benzene rings is 1. The molecule has 1 aliphatic heterocycles. The molecule has 1 atom stereocenters. The van der Waals surface area contributed by atoms with Gasteiger partial charge in [0, 0.05) is 18.8 Å². The van der Waals surface area contributed by atoms with Gasteiger partial charge in [0.25, 0.3) is 0 Å². The summed E-state index contributed by atoms with van der Waals surface area (Å²) in [6, 6.07) is 8.22. The first-order valence-corrected chi connectivity index (χ1v) is 7.05. The van der Waals surface area contributed by atoms with Crippen LogP contribution >= 0.6 is 0 Å². The number of amides is 1. The zero-order valence-corrected chi connectivity index (χ0v) is 12.1. The van der Waals surface area contributed by atoms with E-state index in [0.717, 1.165) is 25.9 Å². The molecule has 0 radical (unpaired) electrons. The lowest BCUT2D eigenvalue weighted by molar-refractivity contribution is -0.124. The zero-order valence-electron chi connectivity index (χ0n) is 12.1. The third kappa shape index (κ3) is 3.98. The third-order valence-corrected chi connectivity index (χ3v) is 3.57. The largest absolute Gasteiger partial charge is 0.384 e. The first-order valence-electron chi connectivity index (χ1n) is 7.05. The lowest BCUT2D eigenvalue weighted by Crippen LogP contribution is -2.39. The van der Waals surface area contributed by atoms with E-state index in [0.29, 0.717) is 0 Å². The Kier molecular flexibility index (Phi) is 4.13. The number of anilines is 1. The first kappa shape index (κ1) is 13.9. The van der Waals surface area contributed by atoms with E-state index in [4.69, 9.17) is 0 Å². The highest BCUT2D eigenvalue weighted by molar-refractivity contribution is 5.80. The molecule has 0 bridgehead atoms. The predicted molar refractivity (Wildman–Crippen MR) is 79.2 cm³/mol. The van der Waals surface area contributed by atoms with Gasteiger partial charge in [0.05, 0.1) is 5.92 Å². The molecule has 0 aromatic heterocycles. The molecular formula is C16H24N2O. The van der Waals surface area contributed by atoms with E-state index in [1.807, 2.05) is 12.1 Å². The summed E-state index contributed by atoms with van der Waals surface area (Å²) in [4.78, 5) is 12.1.